The van der Waals surface area contributed by atoms with Gasteiger partial charge < -0.3 is 4.74 Å². The summed E-state index contributed by atoms with van der Waals surface area (Å²) < 4.78 is 5.71. The van der Waals surface area contributed by atoms with Gasteiger partial charge in [0.1, 0.15) is 5.01 Å². The number of rotatable bonds is 5. The van der Waals surface area contributed by atoms with E-state index in [9.17, 15) is 4.79 Å². The molecular formula is C20H18N2O2S. The molecule has 1 aliphatic rings. The normalized spacial score (nSPS) is 19.8. The van der Waals surface area contributed by atoms with E-state index in [0.29, 0.717) is 6.54 Å². The third kappa shape index (κ3) is 3.42. The van der Waals surface area contributed by atoms with Gasteiger partial charge in [0.2, 0.25) is 0 Å². The van der Waals surface area contributed by atoms with Gasteiger partial charge in [-0.15, -0.1) is 11.3 Å². The molecule has 1 aromatic heterocycles. The third-order valence-corrected chi connectivity index (χ3v) is 5.23. The van der Waals surface area contributed by atoms with Crippen LogP contribution in [0.1, 0.15) is 22.2 Å². The number of amides is 1. The fourth-order valence-corrected chi connectivity index (χ4v) is 3.90. The molecule has 0 unspecified atom stereocenters. The molecule has 1 aliphatic heterocycles. The highest BCUT2D eigenvalue weighted by Gasteiger charge is 2.43. The van der Waals surface area contributed by atoms with Gasteiger partial charge in [-0.3, -0.25) is 4.90 Å². The lowest BCUT2D eigenvalue weighted by Gasteiger charge is -2.24. The number of ether oxygens (including phenoxy) is 1. The first-order chi connectivity index (χ1) is 12.3. The third-order valence-electron chi connectivity index (χ3n) is 4.39. The molecule has 0 aliphatic carbocycles. The summed E-state index contributed by atoms with van der Waals surface area (Å²) in [5.41, 5.74) is 2.28. The number of hydrogen-bond donors (Lipinski definition) is 0. The second-order valence-corrected chi connectivity index (χ2v) is 6.97. The number of carbonyl (C=O) groups excluding carboxylic acids is 1. The predicted octanol–water partition coefficient (Wildman–Crippen LogP) is 4.45. The van der Waals surface area contributed by atoms with Crippen LogP contribution in [0.15, 0.2) is 72.2 Å². The number of carbonyl (C=O) groups is 1. The molecule has 5 heteroatoms. The summed E-state index contributed by atoms with van der Waals surface area (Å²) >= 11 is 1.53. The van der Waals surface area contributed by atoms with Gasteiger partial charge in [-0.2, -0.15) is 0 Å². The van der Waals surface area contributed by atoms with E-state index in [1.54, 1.807) is 6.20 Å². The Morgan fingerprint density at radius 2 is 1.68 bits per heavy atom. The molecule has 4 nitrogen and oxygen atoms in total. The quantitative estimate of drug-likeness (QED) is 0.683. The molecule has 0 spiro atoms. The average Bonchev–Trinajstić information content (AvgIpc) is 3.27. The van der Waals surface area contributed by atoms with E-state index < -0.39 is 0 Å². The first kappa shape index (κ1) is 15.8. The minimum Gasteiger partial charge on any atom is -0.436 e. The molecule has 0 bridgehead atoms. The summed E-state index contributed by atoms with van der Waals surface area (Å²) in [7, 11) is 0. The lowest BCUT2D eigenvalue weighted by Crippen LogP contribution is -2.35. The van der Waals surface area contributed by atoms with E-state index in [2.05, 4.69) is 17.1 Å². The Balaban J connectivity index is 1.64. The Labute approximate surface area is 150 Å². The van der Waals surface area contributed by atoms with E-state index in [1.807, 2.05) is 58.8 Å². The fourth-order valence-electron chi connectivity index (χ4n) is 3.18. The molecular weight excluding hydrogens is 332 g/mol. The first-order valence-electron chi connectivity index (χ1n) is 8.26. The van der Waals surface area contributed by atoms with Crippen LogP contribution < -0.4 is 0 Å². The molecule has 3 aromatic rings. The number of benzene rings is 2. The molecule has 2 heterocycles. The van der Waals surface area contributed by atoms with Crippen LogP contribution in [0.3, 0.4) is 0 Å². The number of cyclic esters (lactones) is 1. The van der Waals surface area contributed by atoms with Gasteiger partial charge in [-0.05, 0) is 17.5 Å². The van der Waals surface area contributed by atoms with Crippen LogP contribution in [0.5, 0.6) is 0 Å². The van der Waals surface area contributed by atoms with Gasteiger partial charge in [0.25, 0.3) is 0 Å². The van der Waals surface area contributed by atoms with Crippen molar-refractivity contribution in [3.63, 3.8) is 0 Å². The van der Waals surface area contributed by atoms with Crippen LogP contribution in [-0.4, -0.2) is 22.0 Å². The Morgan fingerprint density at radius 1 is 1.00 bits per heavy atom. The number of hydrogen-bond acceptors (Lipinski definition) is 4. The van der Waals surface area contributed by atoms with Gasteiger partial charge in [0.05, 0.1) is 6.04 Å². The summed E-state index contributed by atoms with van der Waals surface area (Å²) in [6.07, 6.45) is 1.90. The van der Waals surface area contributed by atoms with Crippen molar-refractivity contribution >= 4 is 17.4 Å². The highest BCUT2D eigenvalue weighted by Crippen LogP contribution is 2.36. The van der Waals surface area contributed by atoms with Crippen LogP contribution in [0, 0.1) is 0 Å². The summed E-state index contributed by atoms with van der Waals surface area (Å²) in [6.45, 7) is 0.541. The zero-order valence-corrected chi connectivity index (χ0v) is 14.4. The minimum atomic E-state index is -0.323. The lowest BCUT2D eigenvalue weighted by atomic mass is 10.0. The van der Waals surface area contributed by atoms with Crippen molar-refractivity contribution in [1.29, 1.82) is 0 Å². The fraction of sp³-hybridized carbons (Fsp3) is 0.200. The lowest BCUT2D eigenvalue weighted by molar-refractivity contribution is 0.129. The summed E-state index contributed by atoms with van der Waals surface area (Å²) in [5, 5.41) is 2.77. The molecule has 25 heavy (non-hydrogen) atoms. The van der Waals surface area contributed by atoms with Gasteiger partial charge >= 0.3 is 6.09 Å². The van der Waals surface area contributed by atoms with Crippen molar-refractivity contribution in [2.45, 2.75) is 25.1 Å². The zero-order chi connectivity index (χ0) is 17.1. The van der Waals surface area contributed by atoms with Crippen molar-refractivity contribution in [3.8, 4) is 0 Å². The van der Waals surface area contributed by atoms with Crippen LogP contribution in [0.4, 0.5) is 4.79 Å². The topological polar surface area (TPSA) is 42.4 Å². The van der Waals surface area contributed by atoms with Crippen molar-refractivity contribution in [1.82, 2.24) is 9.88 Å². The van der Waals surface area contributed by atoms with E-state index in [0.717, 1.165) is 17.0 Å². The second kappa shape index (κ2) is 7.07. The summed E-state index contributed by atoms with van der Waals surface area (Å²) in [5.74, 6) is 0. The minimum absolute atomic E-state index is 0.0683. The molecule has 1 amide bonds. The molecule has 2 atom stereocenters. The Hall–Kier alpha value is -2.66. The Kier molecular flexibility index (Phi) is 4.48. The highest BCUT2D eigenvalue weighted by molar-refractivity contribution is 7.09. The van der Waals surface area contributed by atoms with Crippen LogP contribution in [0.2, 0.25) is 0 Å². The molecule has 0 radical (unpaired) electrons. The largest absolute Gasteiger partial charge is 0.436 e. The maximum absolute atomic E-state index is 12.6. The molecule has 4 rings (SSSR count). The molecule has 126 valence electrons. The smallest absolute Gasteiger partial charge is 0.411 e. The van der Waals surface area contributed by atoms with Gasteiger partial charge in [0.15, 0.2) is 6.10 Å². The maximum Gasteiger partial charge on any atom is 0.411 e. The standard InChI is InChI=1S/C20H18N2O2S/c23-20-22(14-16-9-5-2-6-10-16)17(13-15-7-3-1-4-8-15)18(24-20)19-21-11-12-25-19/h1-12,17-18H,13-14H2/t17-,18+/m0/s1. The molecule has 2 aromatic carbocycles. The maximum atomic E-state index is 12.6. The number of aromatic nitrogens is 1. The van der Waals surface area contributed by atoms with E-state index in [1.165, 1.54) is 16.9 Å². The SMILES string of the molecule is O=C1O[C@@H](c2nccs2)[C@H](Cc2ccccc2)N1Cc1ccccc1. The van der Waals surface area contributed by atoms with E-state index >= 15 is 0 Å². The highest BCUT2D eigenvalue weighted by atomic mass is 32.1. The zero-order valence-electron chi connectivity index (χ0n) is 13.6. The number of nitrogens with zero attached hydrogens (tertiary/aromatic N) is 2. The average molecular weight is 350 g/mol. The van der Waals surface area contributed by atoms with Crippen molar-refractivity contribution in [3.05, 3.63) is 88.4 Å². The predicted molar refractivity (Wildman–Crippen MR) is 97.3 cm³/mol. The molecule has 1 fully saturated rings. The van der Waals surface area contributed by atoms with Crippen molar-refractivity contribution in [2.24, 2.45) is 0 Å². The Morgan fingerprint density at radius 3 is 2.32 bits per heavy atom. The van der Waals surface area contributed by atoms with E-state index in [4.69, 9.17) is 4.74 Å². The van der Waals surface area contributed by atoms with Gasteiger partial charge in [-0.25, -0.2) is 9.78 Å². The van der Waals surface area contributed by atoms with Crippen molar-refractivity contribution in [2.75, 3.05) is 0 Å². The van der Waals surface area contributed by atoms with Gasteiger partial charge in [-0.1, -0.05) is 60.7 Å². The molecule has 1 saturated heterocycles. The van der Waals surface area contributed by atoms with Crippen LogP contribution in [-0.2, 0) is 17.7 Å². The summed E-state index contributed by atoms with van der Waals surface area (Å²) in [4.78, 5) is 18.8. The first-order valence-corrected chi connectivity index (χ1v) is 9.14. The second-order valence-electron chi connectivity index (χ2n) is 6.05. The van der Waals surface area contributed by atoms with E-state index in [-0.39, 0.29) is 18.2 Å². The van der Waals surface area contributed by atoms with Crippen LogP contribution >= 0.6 is 11.3 Å². The molecule has 0 N–H and O–H groups in total. The van der Waals surface area contributed by atoms with Crippen molar-refractivity contribution < 1.29 is 9.53 Å². The molecule has 0 saturated carbocycles. The number of thiazole rings is 1. The van der Waals surface area contributed by atoms with Gasteiger partial charge in [0, 0.05) is 18.1 Å². The summed E-state index contributed by atoms with van der Waals surface area (Å²) in [6, 6.07) is 20.2. The Bertz CT molecular complexity index is 821. The van der Waals surface area contributed by atoms with Crippen LogP contribution in [0.25, 0.3) is 0 Å². The monoisotopic (exact) mass is 350 g/mol.